The number of halogens is 1. The minimum absolute atomic E-state index is 0.0454. The Morgan fingerprint density at radius 1 is 1.17 bits per heavy atom. The number of amides is 1. The fourth-order valence-corrected chi connectivity index (χ4v) is 2.86. The monoisotopic (exact) mass is 413 g/mol. The van der Waals surface area contributed by atoms with Crippen LogP contribution in [-0.4, -0.2) is 38.0 Å². The molecule has 1 N–H and O–H groups in total. The second kappa shape index (κ2) is 8.40. The van der Waals surface area contributed by atoms with Gasteiger partial charge in [-0.25, -0.2) is 9.78 Å². The van der Waals surface area contributed by atoms with Gasteiger partial charge in [-0.1, -0.05) is 29.3 Å². The van der Waals surface area contributed by atoms with Gasteiger partial charge in [0.25, 0.3) is 5.91 Å². The molecule has 2 heterocycles. The first-order chi connectivity index (χ1) is 13.8. The van der Waals surface area contributed by atoms with Crippen LogP contribution in [0.5, 0.6) is 0 Å². The van der Waals surface area contributed by atoms with Crippen molar-refractivity contribution in [3.05, 3.63) is 64.2 Å². The molecule has 150 valence electrons. The first kappa shape index (κ1) is 20.5. The second-order valence-corrected chi connectivity index (χ2v) is 6.95. The van der Waals surface area contributed by atoms with Crippen LogP contribution in [-0.2, 0) is 9.53 Å². The van der Waals surface area contributed by atoms with E-state index < -0.39 is 18.0 Å². The van der Waals surface area contributed by atoms with Gasteiger partial charge in [-0.05, 0) is 51.5 Å². The number of hydrogen-bond acceptors (Lipinski definition) is 6. The highest BCUT2D eigenvalue weighted by molar-refractivity contribution is 6.32. The molecule has 0 saturated heterocycles. The molecule has 0 radical (unpaired) electrons. The summed E-state index contributed by atoms with van der Waals surface area (Å²) >= 11 is 5.92. The summed E-state index contributed by atoms with van der Waals surface area (Å²) < 4.78 is 5.26. The first-order valence-corrected chi connectivity index (χ1v) is 9.28. The summed E-state index contributed by atoms with van der Waals surface area (Å²) in [6.45, 7) is 7.05. The van der Waals surface area contributed by atoms with Gasteiger partial charge in [0.1, 0.15) is 0 Å². The molecule has 0 fully saturated rings. The van der Waals surface area contributed by atoms with Crippen molar-refractivity contribution in [3.63, 3.8) is 0 Å². The van der Waals surface area contributed by atoms with Gasteiger partial charge in [-0.2, -0.15) is 9.90 Å². The van der Waals surface area contributed by atoms with E-state index in [1.54, 1.807) is 19.1 Å². The summed E-state index contributed by atoms with van der Waals surface area (Å²) in [4.78, 5) is 30.1. The average molecular weight is 414 g/mol. The highest BCUT2D eigenvalue weighted by Crippen LogP contribution is 2.19. The molecule has 0 aliphatic rings. The maximum absolute atomic E-state index is 12.5. The fraction of sp³-hybridized carbons (Fsp3) is 0.250. The minimum Gasteiger partial charge on any atom is -0.448 e. The molecule has 0 bridgehead atoms. The molecule has 3 rings (SSSR count). The molecule has 1 amide bonds. The van der Waals surface area contributed by atoms with E-state index in [0.29, 0.717) is 11.4 Å². The Hall–Kier alpha value is -3.26. The molecule has 0 unspecified atom stereocenters. The molecule has 1 atom stereocenters. The number of anilines is 1. The van der Waals surface area contributed by atoms with Crippen LogP contribution in [0.25, 0.3) is 5.69 Å². The Kier molecular flexibility index (Phi) is 5.93. The van der Waals surface area contributed by atoms with E-state index in [1.165, 1.54) is 17.9 Å². The number of aromatic nitrogens is 4. The molecule has 0 aliphatic heterocycles. The van der Waals surface area contributed by atoms with Crippen LogP contribution in [0.1, 0.15) is 34.2 Å². The molecule has 1 aromatic carbocycles. The molecule has 8 nitrogen and oxygen atoms in total. The molecular formula is C20H20ClN5O3. The molecule has 3 aromatic rings. The molecule has 0 spiro atoms. The summed E-state index contributed by atoms with van der Waals surface area (Å²) in [5.74, 6) is -1.27. The molecular weight excluding hydrogens is 394 g/mol. The topological polar surface area (TPSA) is 99.0 Å². The number of carbonyl (C=O) groups is 2. The van der Waals surface area contributed by atoms with E-state index >= 15 is 0 Å². The summed E-state index contributed by atoms with van der Waals surface area (Å²) in [5, 5.41) is 11.3. The Morgan fingerprint density at radius 2 is 1.93 bits per heavy atom. The first-order valence-electron chi connectivity index (χ1n) is 8.90. The number of hydrogen-bond donors (Lipinski definition) is 1. The van der Waals surface area contributed by atoms with E-state index in [1.807, 2.05) is 32.0 Å². The lowest BCUT2D eigenvalue weighted by Crippen LogP contribution is -2.30. The van der Waals surface area contributed by atoms with Gasteiger partial charge in [0.05, 0.1) is 17.1 Å². The third kappa shape index (κ3) is 4.60. The lowest BCUT2D eigenvalue weighted by atomic mass is 10.1. The van der Waals surface area contributed by atoms with E-state index in [9.17, 15) is 9.59 Å². The SMILES string of the molecule is Cc1ccc(-n2nc(C)c(C(=O)O[C@H](C)C(=O)Nc3cccnc3Cl)n2)c(C)c1. The number of rotatable bonds is 5. The molecule has 0 aliphatic carbocycles. The number of benzene rings is 1. The molecule has 9 heteroatoms. The number of esters is 1. The quantitative estimate of drug-likeness (QED) is 0.508. The van der Waals surface area contributed by atoms with Crippen LogP contribution in [0.15, 0.2) is 36.5 Å². The molecule has 2 aromatic heterocycles. The number of nitrogens with one attached hydrogen (secondary N) is 1. The lowest BCUT2D eigenvalue weighted by Gasteiger charge is -2.13. The van der Waals surface area contributed by atoms with Gasteiger partial charge in [0, 0.05) is 6.20 Å². The molecule has 29 heavy (non-hydrogen) atoms. The second-order valence-electron chi connectivity index (χ2n) is 6.59. The van der Waals surface area contributed by atoms with Crippen LogP contribution >= 0.6 is 11.6 Å². The average Bonchev–Trinajstić information content (AvgIpc) is 3.05. The van der Waals surface area contributed by atoms with Crippen molar-refractivity contribution >= 4 is 29.2 Å². The van der Waals surface area contributed by atoms with Crippen molar-refractivity contribution in [2.24, 2.45) is 0 Å². The van der Waals surface area contributed by atoms with E-state index in [4.69, 9.17) is 16.3 Å². The summed E-state index contributed by atoms with van der Waals surface area (Å²) in [6.07, 6.45) is 0.438. The smallest absolute Gasteiger partial charge is 0.361 e. The third-order valence-electron chi connectivity index (χ3n) is 4.21. The van der Waals surface area contributed by atoms with Crippen molar-refractivity contribution in [2.45, 2.75) is 33.8 Å². The van der Waals surface area contributed by atoms with Crippen molar-refractivity contribution < 1.29 is 14.3 Å². The Balaban J connectivity index is 1.73. The number of nitrogens with zero attached hydrogens (tertiary/aromatic N) is 4. The number of ether oxygens (including phenoxy) is 1. The standard InChI is InChI=1S/C20H20ClN5O3/c1-11-7-8-16(12(2)10-11)26-24-13(3)17(25-26)20(28)29-14(4)19(27)23-15-6-5-9-22-18(15)21/h5-10,14H,1-4H3,(H,23,27)/t14-/m1/s1. The van der Waals surface area contributed by atoms with Crippen LogP contribution < -0.4 is 5.32 Å². The van der Waals surface area contributed by atoms with E-state index in [0.717, 1.165) is 16.8 Å². The highest BCUT2D eigenvalue weighted by Gasteiger charge is 2.24. The van der Waals surface area contributed by atoms with Gasteiger partial charge < -0.3 is 10.1 Å². The van der Waals surface area contributed by atoms with Crippen molar-refractivity contribution in [1.29, 1.82) is 0 Å². The lowest BCUT2D eigenvalue weighted by molar-refractivity contribution is -0.123. The molecule has 0 saturated carbocycles. The van der Waals surface area contributed by atoms with Gasteiger partial charge in [-0.3, -0.25) is 4.79 Å². The minimum atomic E-state index is -1.07. The van der Waals surface area contributed by atoms with Gasteiger partial charge >= 0.3 is 5.97 Å². The zero-order chi connectivity index (χ0) is 21.1. The van der Waals surface area contributed by atoms with Crippen LogP contribution in [0, 0.1) is 20.8 Å². The summed E-state index contributed by atoms with van der Waals surface area (Å²) in [7, 11) is 0. The fourth-order valence-electron chi connectivity index (χ4n) is 2.69. The van der Waals surface area contributed by atoms with E-state index in [2.05, 4.69) is 20.5 Å². The number of carbonyl (C=O) groups excluding carboxylic acids is 2. The van der Waals surface area contributed by atoms with Crippen molar-refractivity contribution in [3.8, 4) is 5.69 Å². The van der Waals surface area contributed by atoms with E-state index in [-0.39, 0.29) is 10.8 Å². The zero-order valence-corrected chi connectivity index (χ0v) is 17.2. The summed E-state index contributed by atoms with van der Waals surface area (Å²) in [5.41, 5.74) is 3.63. The Bertz CT molecular complexity index is 1080. The third-order valence-corrected chi connectivity index (χ3v) is 4.51. The van der Waals surface area contributed by atoms with Crippen LogP contribution in [0.3, 0.4) is 0 Å². The zero-order valence-electron chi connectivity index (χ0n) is 16.4. The largest absolute Gasteiger partial charge is 0.448 e. The van der Waals surface area contributed by atoms with Gasteiger partial charge in [-0.15, -0.1) is 5.10 Å². The maximum Gasteiger partial charge on any atom is 0.361 e. The number of pyridine rings is 1. The predicted molar refractivity (Wildman–Crippen MR) is 108 cm³/mol. The van der Waals surface area contributed by atoms with Gasteiger partial charge in [0.2, 0.25) is 0 Å². The number of aryl methyl sites for hydroxylation is 3. The Labute approximate surface area is 172 Å². The Morgan fingerprint density at radius 3 is 2.62 bits per heavy atom. The van der Waals surface area contributed by atoms with Crippen LogP contribution in [0.2, 0.25) is 5.15 Å². The maximum atomic E-state index is 12.5. The predicted octanol–water partition coefficient (Wildman–Crippen LogP) is 3.42. The van der Waals surface area contributed by atoms with Crippen LogP contribution in [0.4, 0.5) is 5.69 Å². The normalized spacial score (nSPS) is 11.8. The van der Waals surface area contributed by atoms with Gasteiger partial charge in [0.15, 0.2) is 17.0 Å². The van der Waals surface area contributed by atoms with Crippen molar-refractivity contribution in [2.75, 3.05) is 5.32 Å². The highest BCUT2D eigenvalue weighted by atomic mass is 35.5. The summed E-state index contributed by atoms with van der Waals surface area (Å²) in [6, 6.07) is 9.05. The van der Waals surface area contributed by atoms with Crippen molar-refractivity contribution in [1.82, 2.24) is 20.0 Å².